The lowest BCUT2D eigenvalue weighted by molar-refractivity contribution is 0.413. The zero-order valence-corrected chi connectivity index (χ0v) is 13.6. The zero-order valence-electron chi connectivity index (χ0n) is 13.6. The van der Waals surface area contributed by atoms with Crippen molar-refractivity contribution < 1.29 is 4.74 Å². The number of aliphatic imine (C=N–C) groups is 2. The molecule has 0 radical (unpaired) electrons. The Balaban J connectivity index is 1.88. The highest BCUT2D eigenvalue weighted by Crippen LogP contribution is 2.25. The number of hydrogen-bond acceptors (Lipinski definition) is 3. The van der Waals surface area contributed by atoms with E-state index in [2.05, 4.69) is 17.1 Å². The average Bonchev–Trinajstić information content (AvgIpc) is 3.08. The first-order valence-corrected chi connectivity index (χ1v) is 8.59. The van der Waals surface area contributed by atoms with Gasteiger partial charge in [0.15, 0.2) is 0 Å². The molecule has 118 valence electrons. The number of benzene rings is 1. The second-order valence-corrected chi connectivity index (χ2v) is 6.30. The molecule has 1 saturated carbocycles. The second-order valence-electron chi connectivity index (χ2n) is 6.30. The third kappa shape index (κ3) is 3.76. The quantitative estimate of drug-likeness (QED) is 0.740. The molecule has 0 saturated heterocycles. The summed E-state index contributed by atoms with van der Waals surface area (Å²) in [6, 6.07) is 8.74. The Labute approximate surface area is 133 Å². The molecule has 0 N–H and O–H groups in total. The molecule has 1 aromatic rings. The SMILES string of the molecule is COc1ccccc1C(CC1=NCCC1)=NC1CCCCC1. The maximum atomic E-state index is 5.56. The van der Waals surface area contributed by atoms with Crippen LogP contribution in [0, 0.1) is 0 Å². The van der Waals surface area contributed by atoms with Gasteiger partial charge in [0.05, 0.1) is 18.9 Å². The summed E-state index contributed by atoms with van der Waals surface area (Å²) in [5, 5.41) is 0. The first-order valence-electron chi connectivity index (χ1n) is 8.59. The van der Waals surface area contributed by atoms with Crippen LogP contribution < -0.4 is 4.74 Å². The fourth-order valence-corrected chi connectivity index (χ4v) is 3.46. The van der Waals surface area contributed by atoms with Crippen molar-refractivity contribution in [3.63, 3.8) is 0 Å². The van der Waals surface area contributed by atoms with Crippen LogP contribution >= 0.6 is 0 Å². The van der Waals surface area contributed by atoms with Gasteiger partial charge in [-0.15, -0.1) is 0 Å². The average molecular weight is 298 g/mol. The Hall–Kier alpha value is -1.64. The Morgan fingerprint density at radius 1 is 1.18 bits per heavy atom. The van der Waals surface area contributed by atoms with Gasteiger partial charge < -0.3 is 4.74 Å². The summed E-state index contributed by atoms with van der Waals surface area (Å²) in [6.07, 6.45) is 9.65. The van der Waals surface area contributed by atoms with Crippen molar-refractivity contribution in [1.29, 1.82) is 0 Å². The molecule has 3 nitrogen and oxygen atoms in total. The minimum absolute atomic E-state index is 0.482. The van der Waals surface area contributed by atoms with Gasteiger partial charge in [-0.25, -0.2) is 0 Å². The molecule has 0 atom stereocenters. The number of nitrogens with zero attached hydrogens (tertiary/aromatic N) is 2. The monoisotopic (exact) mass is 298 g/mol. The van der Waals surface area contributed by atoms with E-state index in [0.29, 0.717) is 6.04 Å². The predicted molar refractivity (Wildman–Crippen MR) is 92.6 cm³/mol. The number of rotatable bonds is 5. The van der Waals surface area contributed by atoms with Crippen molar-refractivity contribution >= 4 is 11.4 Å². The van der Waals surface area contributed by atoms with Crippen molar-refractivity contribution in [2.75, 3.05) is 13.7 Å². The topological polar surface area (TPSA) is 34.0 Å². The van der Waals surface area contributed by atoms with E-state index in [4.69, 9.17) is 9.73 Å². The van der Waals surface area contributed by atoms with Crippen LogP contribution in [0.3, 0.4) is 0 Å². The van der Waals surface area contributed by atoms with E-state index in [9.17, 15) is 0 Å². The van der Waals surface area contributed by atoms with E-state index in [1.54, 1.807) is 7.11 Å². The van der Waals surface area contributed by atoms with Crippen molar-refractivity contribution in [3.8, 4) is 5.75 Å². The van der Waals surface area contributed by atoms with Crippen LogP contribution in [0.15, 0.2) is 34.3 Å². The number of ether oxygens (including phenoxy) is 1. The molecule has 2 aliphatic rings. The van der Waals surface area contributed by atoms with Gasteiger partial charge in [0.2, 0.25) is 0 Å². The van der Waals surface area contributed by atoms with Crippen LogP contribution in [0.5, 0.6) is 5.75 Å². The number of para-hydroxylation sites is 1. The summed E-state index contributed by atoms with van der Waals surface area (Å²) < 4.78 is 5.56. The molecular formula is C19H26N2O. The van der Waals surface area contributed by atoms with E-state index in [1.807, 2.05) is 12.1 Å². The summed E-state index contributed by atoms with van der Waals surface area (Å²) in [4.78, 5) is 9.78. The summed E-state index contributed by atoms with van der Waals surface area (Å²) in [6.45, 7) is 0.984. The van der Waals surface area contributed by atoms with Gasteiger partial charge in [0, 0.05) is 24.2 Å². The van der Waals surface area contributed by atoms with Crippen LogP contribution in [-0.2, 0) is 0 Å². The standard InChI is InChI=1S/C19H26N2O/c1-22-19-12-6-5-11-17(19)18(14-16-10-7-13-20-16)21-15-8-3-2-4-9-15/h5-6,11-12,15H,2-4,7-10,13-14H2,1H3. The van der Waals surface area contributed by atoms with Crippen LogP contribution in [0.4, 0.5) is 0 Å². The third-order valence-electron chi connectivity index (χ3n) is 4.66. The molecule has 0 aromatic heterocycles. The van der Waals surface area contributed by atoms with Gasteiger partial charge in [0.25, 0.3) is 0 Å². The minimum Gasteiger partial charge on any atom is -0.496 e. The van der Waals surface area contributed by atoms with Gasteiger partial charge >= 0.3 is 0 Å². The van der Waals surface area contributed by atoms with Gasteiger partial charge in [-0.3, -0.25) is 9.98 Å². The van der Waals surface area contributed by atoms with Crippen molar-refractivity contribution in [2.45, 2.75) is 57.4 Å². The van der Waals surface area contributed by atoms with Gasteiger partial charge in [-0.2, -0.15) is 0 Å². The minimum atomic E-state index is 0.482. The van der Waals surface area contributed by atoms with Gasteiger partial charge in [-0.1, -0.05) is 31.4 Å². The van der Waals surface area contributed by atoms with E-state index in [1.165, 1.54) is 49.9 Å². The zero-order chi connectivity index (χ0) is 15.2. The lowest BCUT2D eigenvalue weighted by Gasteiger charge is -2.20. The van der Waals surface area contributed by atoms with E-state index >= 15 is 0 Å². The normalized spacial score (nSPS) is 20.0. The molecule has 0 amide bonds. The van der Waals surface area contributed by atoms with Gasteiger partial charge in [0.1, 0.15) is 5.75 Å². The lowest BCUT2D eigenvalue weighted by atomic mass is 9.95. The van der Waals surface area contributed by atoms with Crippen LogP contribution in [-0.4, -0.2) is 31.1 Å². The summed E-state index contributed by atoms with van der Waals surface area (Å²) in [5.41, 5.74) is 3.62. The summed E-state index contributed by atoms with van der Waals surface area (Å²) >= 11 is 0. The molecule has 1 aliphatic heterocycles. The lowest BCUT2D eigenvalue weighted by Crippen LogP contribution is -2.16. The number of methoxy groups -OCH3 is 1. The highest BCUT2D eigenvalue weighted by atomic mass is 16.5. The van der Waals surface area contributed by atoms with Gasteiger partial charge in [-0.05, 0) is 37.8 Å². The molecule has 1 aliphatic carbocycles. The maximum Gasteiger partial charge on any atom is 0.127 e. The van der Waals surface area contributed by atoms with Crippen LogP contribution in [0.2, 0.25) is 0 Å². The highest BCUT2D eigenvalue weighted by Gasteiger charge is 2.18. The van der Waals surface area contributed by atoms with Crippen molar-refractivity contribution in [1.82, 2.24) is 0 Å². The highest BCUT2D eigenvalue weighted by molar-refractivity contribution is 6.14. The van der Waals surface area contributed by atoms with Crippen LogP contribution in [0.1, 0.15) is 56.9 Å². The molecule has 22 heavy (non-hydrogen) atoms. The second kappa shape index (κ2) is 7.57. The fraction of sp³-hybridized carbons (Fsp3) is 0.579. The smallest absolute Gasteiger partial charge is 0.127 e. The Bertz CT molecular complexity index is 556. The first-order chi connectivity index (χ1) is 10.9. The molecule has 0 spiro atoms. The van der Waals surface area contributed by atoms with E-state index in [0.717, 1.165) is 30.7 Å². The molecule has 0 unspecified atom stereocenters. The summed E-state index contributed by atoms with van der Waals surface area (Å²) in [7, 11) is 1.74. The number of hydrogen-bond donors (Lipinski definition) is 0. The first kappa shape index (κ1) is 15.3. The van der Waals surface area contributed by atoms with Crippen molar-refractivity contribution in [3.05, 3.63) is 29.8 Å². The molecular weight excluding hydrogens is 272 g/mol. The van der Waals surface area contributed by atoms with Crippen molar-refractivity contribution in [2.24, 2.45) is 9.98 Å². The molecule has 1 fully saturated rings. The van der Waals surface area contributed by atoms with E-state index < -0.39 is 0 Å². The Kier molecular flexibility index (Phi) is 5.25. The van der Waals surface area contributed by atoms with Crippen LogP contribution in [0.25, 0.3) is 0 Å². The molecule has 1 aromatic carbocycles. The fourth-order valence-electron chi connectivity index (χ4n) is 3.46. The Morgan fingerprint density at radius 3 is 2.73 bits per heavy atom. The summed E-state index contributed by atoms with van der Waals surface area (Å²) in [5.74, 6) is 0.927. The van der Waals surface area contributed by atoms with E-state index in [-0.39, 0.29) is 0 Å². The third-order valence-corrected chi connectivity index (χ3v) is 4.66. The molecule has 0 bridgehead atoms. The maximum absolute atomic E-state index is 5.56. The molecule has 3 rings (SSSR count). The largest absolute Gasteiger partial charge is 0.496 e. The molecule has 1 heterocycles. The predicted octanol–water partition coefficient (Wildman–Crippen LogP) is 4.44. The molecule has 3 heteroatoms. The Morgan fingerprint density at radius 2 is 2.00 bits per heavy atom.